The normalized spacial score (nSPS) is 11.5. The highest BCUT2D eigenvalue weighted by Gasteiger charge is 2.19. The minimum absolute atomic E-state index is 0.0966. The smallest absolute Gasteiger partial charge is 0.326 e. The molecule has 0 spiro atoms. The van der Waals surface area contributed by atoms with E-state index in [9.17, 15) is 14.4 Å². The van der Waals surface area contributed by atoms with Gasteiger partial charge in [-0.15, -0.1) is 0 Å². The Labute approximate surface area is 129 Å². The number of halogens is 1. The van der Waals surface area contributed by atoms with Gasteiger partial charge in [-0.2, -0.15) is 0 Å². The summed E-state index contributed by atoms with van der Waals surface area (Å²) in [5, 5.41) is 22.1. The molecule has 1 aromatic carbocycles. The lowest BCUT2D eigenvalue weighted by atomic mass is 10.2. The van der Waals surface area contributed by atoms with Gasteiger partial charge in [0.05, 0.1) is 6.54 Å². The Morgan fingerprint density at radius 3 is 2.57 bits per heavy atom. The Balaban J connectivity index is 2.49. The van der Waals surface area contributed by atoms with E-state index in [1.54, 1.807) is 24.3 Å². The maximum atomic E-state index is 11.8. The number of aliphatic hydroxyl groups is 1. The number of carbonyl (C=O) groups is 3. The van der Waals surface area contributed by atoms with Crippen molar-refractivity contribution in [2.75, 3.05) is 13.2 Å². The fraction of sp³-hybridized carbons (Fsp3) is 0.308. The molecule has 1 rings (SSSR count). The van der Waals surface area contributed by atoms with Crippen molar-refractivity contribution in [2.45, 2.75) is 12.5 Å². The lowest BCUT2D eigenvalue weighted by molar-refractivity contribution is -0.142. The molecule has 1 aromatic rings. The molecule has 0 aromatic heterocycles. The summed E-state index contributed by atoms with van der Waals surface area (Å²) in [5.74, 6) is -2.32. The van der Waals surface area contributed by atoms with Gasteiger partial charge in [-0.3, -0.25) is 9.59 Å². The minimum Gasteiger partial charge on any atom is -0.480 e. The molecule has 0 aliphatic carbocycles. The second-order valence-electron chi connectivity index (χ2n) is 4.16. The summed E-state index contributed by atoms with van der Waals surface area (Å²) in [6.07, 6.45) is -0.0966. The maximum Gasteiger partial charge on any atom is 0.326 e. The zero-order chi connectivity index (χ0) is 15.8. The highest BCUT2D eigenvalue weighted by molar-refractivity contribution is 9.10. The summed E-state index contributed by atoms with van der Waals surface area (Å²) in [5.41, 5.74) is 0.377. The molecule has 8 heteroatoms. The Bertz CT molecular complexity index is 535. The summed E-state index contributed by atoms with van der Waals surface area (Å²) in [7, 11) is 0. The van der Waals surface area contributed by atoms with E-state index in [1.807, 2.05) is 0 Å². The number of amides is 2. The number of rotatable bonds is 7. The molecule has 4 N–H and O–H groups in total. The fourth-order valence-electron chi connectivity index (χ4n) is 1.52. The zero-order valence-electron chi connectivity index (χ0n) is 11.0. The number of hydrogen-bond donors (Lipinski definition) is 4. The lowest BCUT2D eigenvalue weighted by Gasteiger charge is -2.13. The van der Waals surface area contributed by atoms with E-state index in [0.29, 0.717) is 5.56 Å². The van der Waals surface area contributed by atoms with Crippen LogP contribution in [0, 0.1) is 0 Å². The number of nitrogens with one attached hydrogen (secondary N) is 2. The van der Waals surface area contributed by atoms with E-state index in [0.717, 1.165) is 4.47 Å². The molecule has 0 unspecified atom stereocenters. The third-order valence-electron chi connectivity index (χ3n) is 2.55. The zero-order valence-corrected chi connectivity index (χ0v) is 12.6. The molecule has 1 atom stereocenters. The first-order valence-electron chi connectivity index (χ1n) is 6.11. The molecule has 0 saturated carbocycles. The average molecular weight is 359 g/mol. The van der Waals surface area contributed by atoms with E-state index in [-0.39, 0.29) is 19.6 Å². The fourth-order valence-corrected chi connectivity index (χ4v) is 1.92. The first-order chi connectivity index (χ1) is 9.93. The van der Waals surface area contributed by atoms with E-state index >= 15 is 0 Å². The van der Waals surface area contributed by atoms with Gasteiger partial charge >= 0.3 is 5.97 Å². The van der Waals surface area contributed by atoms with Gasteiger partial charge in [-0.25, -0.2) is 4.79 Å². The monoisotopic (exact) mass is 358 g/mol. The van der Waals surface area contributed by atoms with Crippen molar-refractivity contribution < 1.29 is 24.6 Å². The Morgan fingerprint density at radius 1 is 1.29 bits per heavy atom. The number of carboxylic acid groups (broad SMARTS) is 1. The number of carbonyl (C=O) groups excluding carboxylic acids is 2. The average Bonchev–Trinajstić information content (AvgIpc) is 2.44. The molecule has 0 aliphatic heterocycles. The van der Waals surface area contributed by atoms with Gasteiger partial charge in [-0.1, -0.05) is 22.0 Å². The molecule has 2 amide bonds. The third-order valence-corrected chi connectivity index (χ3v) is 3.04. The van der Waals surface area contributed by atoms with Crippen LogP contribution in [0.25, 0.3) is 0 Å². The van der Waals surface area contributed by atoms with Crippen LogP contribution in [0.3, 0.4) is 0 Å². The number of carboxylic acids is 1. The largest absolute Gasteiger partial charge is 0.480 e. The van der Waals surface area contributed by atoms with Gasteiger partial charge in [0.25, 0.3) is 5.91 Å². The molecule has 0 saturated heterocycles. The summed E-state index contributed by atoms with van der Waals surface area (Å²) >= 11 is 3.23. The van der Waals surface area contributed by atoms with E-state index in [4.69, 9.17) is 10.2 Å². The predicted octanol–water partition coefficient (Wildman–Crippen LogP) is 0.131. The number of hydrogen-bond acceptors (Lipinski definition) is 4. The predicted molar refractivity (Wildman–Crippen MR) is 77.7 cm³/mol. The van der Waals surface area contributed by atoms with Crippen molar-refractivity contribution >= 4 is 33.7 Å². The van der Waals surface area contributed by atoms with Crippen molar-refractivity contribution in [2.24, 2.45) is 0 Å². The maximum absolute atomic E-state index is 11.8. The first-order valence-corrected chi connectivity index (χ1v) is 6.90. The van der Waals surface area contributed by atoms with Gasteiger partial charge in [0.15, 0.2) is 0 Å². The van der Waals surface area contributed by atoms with Crippen LogP contribution in [0.5, 0.6) is 0 Å². The van der Waals surface area contributed by atoms with Crippen LogP contribution in [0.2, 0.25) is 0 Å². The van der Waals surface area contributed by atoms with E-state index in [2.05, 4.69) is 26.6 Å². The van der Waals surface area contributed by atoms with Crippen molar-refractivity contribution in [3.8, 4) is 0 Å². The van der Waals surface area contributed by atoms with Gasteiger partial charge in [0, 0.05) is 23.1 Å². The highest BCUT2D eigenvalue weighted by Crippen LogP contribution is 2.11. The van der Waals surface area contributed by atoms with Crippen LogP contribution in [-0.4, -0.2) is 47.2 Å². The third kappa shape index (κ3) is 5.92. The van der Waals surface area contributed by atoms with Crippen molar-refractivity contribution in [3.63, 3.8) is 0 Å². The van der Waals surface area contributed by atoms with Crippen LogP contribution >= 0.6 is 15.9 Å². The SMILES string of the molecule is O=C(CNC(=O)c1cccc(Br)c1)N[C@@H](CCO)C(=O)O. The number of aliphatic hydroxyl groups excluding tert-OH is 1. The second kappa shape index (κ2) is 8.38. The van der Waals surface area contributed by atoms with Crippen LogP contribution in [0.1, 0.15) is 16.8 Å². The highest BCUT2D eigenvalue weighted by atomic mass is 79.9. The standard InChI is InChI=1S/C13H15BrN2O5/c14-9-3-1-2-8(6-9)12(19)15-7-11(18)16-10(4-5-17)13(20)21/h1-3,6,10,17H,4-5,7H2,(H,15,19)(H,16,18)(H,20,21)/t10-/m0/s1. The number of benzene rings is 1. The Kier molecular flexibility index (Phi) is 6.83. The van der Waals surface area contributed by atoms with Gasteiger partial charge in [0.1, 0.15) is 6.04 Å². The summed E-state index contributed by atoms with van der Waals surface area (Å²) < 4.78 is 0.730. The molecular weight excluding hydrogens is 344 g/mol. The molecule has 0 bridgehead atoms. The summed E-state index contributed by atoms with van der Waals surface area (Å²) in [4.78, 5) is 34.1. The van der Waals surface area contributed by atoms with Crippen molar-refractivity contribution in [3.05, 3.63) is 34.3 Å². The molecule has 7 nitrogen and oxygen atoms in total. The van der Waals surface area contributed by atoms with Crippen LogP contribution < -0.4 is 10.6 Å². The molecular formula is C13H15BrN2O5. The molecule has 0 fully saturated rings. The second-order valence-corrected chi connectivity index (χ2v) is 5.08. The van der Waals surface area contributed by atoms with Crippen LogP contribution in [0.15, 0.2) is 28.7 Å². The van der Waals surface area contributed by atoms with Gasteiger partial charge < -0.3 is 20.8 Å². The van der Waals surface area contributed by atoms with Gasteiger partial charge in [0.2, 0.25) is 5.91 Å². The molecule has 0 heterocycles. The topological polar surface area (TPSA) is 116 Å². The summed E-state index contributed by atoms with van der Waals surface area (Å²) in [6.45, 7) is -0.706. The lowest BCUT2D eigenvalue weighted by Crippen LogP contribution is -2.45. The summed E-state index contributed by atoms with van der Waals surface area (Å²) in [6, 6.07) is 5.45. The van der Waals surface area contributed by atoms with Crippen LogP contribution in [0.4, 0.5) is 0 Å². The molecule has 0 radical (unpaired) electrons. The first kappa shape index (κ1) is 17.1. The molecule has 0 aliphatic rings. The number of aliphatic carboxylic acids is 1. The van der Waals surface area contributed by atoms with Gasteiger partial charge in [-0.05, 0) is 18.2 Å². The van der Waals surface area contributed by atoms with Crippen LogP contribution in [-0.2, 0) is 9.59 Å². The van der Waals surface area contributed by atoms with E-state index < -0.39 is 23.8 Å². The Morgan fingerprint density at radius 2 is 2.00 bits per heavy atom. The minimum atomic E-state index is -1.24. The quantitative estimate of drug-likeness (QED) is 0.552. The molecule has 114 valence electrons. The Hall–Kier alpha value is -1.93. The van der Waals surface area contributed by atoms with Crippen molar-refractivity contribution in [1.82, 2.24) is 10.6 Å². The molecule has 21 heavy (non-hydrogen) atoms. The van der Waals surface area contributed by atoms with Crippen molar-refractivity contribution in [1.29, 1.82) is 0 Å². The van der Waals surface area contributed by atoms with E-state index in [1.165, 1.54) is 0 Å².